The average molecular weight is 276 g/mol. The first-order valence-corrected chi connectivity index (χ1v) is 7.61. The highest BCUT2D eigenvalue weighted by Gasteiger charge is 2.30. The number of ether oxygens (including phenoxy) is 1. The first kappa shape index (κ1) is 15.3. The second kappa shape index (κ2) is 6.59. The molecule has 1 aromatic carbocycles. The lowest BCUT2D eigenvalue weighted by molar-refractivity contribution is 0.191. The van der Waals surface area contributed by atoms with Crippen LogP contribution in [0.25, 0.3) is 0 Å². The molecule has 1 fully saturated rings. The fourth-order valence-electron chi connectivity index (χ4n) is 3.14. The zero-order valence-electron chi connectivity index (χ0n) is 13.3. The summed E-state index contributed by atoms with van der Waals surface area (Å²) in [6.45, 7) is 6.89. The van der Waals surface area contributed by atoms with Gasteiger partial charge in [-0.25, -0.2) is 0 Å². The van der Waals surface area contributed by atoms with E-state index in [0.717, 1.165) is 25.3 Å². The molecule has 0 amide bonds. The van der Waals surface area contributed by atoms with E-state index < -0.39 is 0 Å². The van der Waals surface area contributed by atoms with Crippen LogP contribution in [0, 0.1) is 0 Å². The minimum atomic E-state index is 0.282. The van der Waals surface area contributed by atoms with Crippen molar-refractivity contribution in [3.8, 4) is 5.75 Å². The summed E-state index contributed by atoms with van der Waals surface area (Å²) in [5.41, 5.74) is 1.57. The molecule has 1 saturated heterocycles. The fraction of sp³-hybridized carbons (Fsp3) is 0.647. The third kappa shape index (κ3) is 3.74. The molecular formula is C17H28N2O. The smallest absolute Gasteiger partial charge is 0.122 e. The van der Waals surface area contributed by atoms with Crippen molar-refractivity contribution in [1.82, 2.24) is 10.2 Å². The number of nitrogens with zero attached hydrogens (tertiary/aromatic N) is 1. The van der Waals surface area contributed by atoms with E-state index in [0.29, 0.717) is 6.04 Å². The molecule has 1 aliphatic heterocycles. The van der Waals surface area contributed by atoms with Gasteiger partial charge in [-0.1, -0.05) is 18.2 Å². The molecule has 1 N–H and O–H groups in total. The second-order valence-electron chi connectivity index (χ2n) is 6.37. The monoisotopic (exact) mass is 276 g/mol. The normalized spacial score (nSPS) is 24.1. The topological polar surface area (TPSA) is 24.5 Å². The zero-order valence-corrected chi connectivity index (χ0v) is 13.3. The zero-order chi connectivity index (χ0) is 14.6. The van der Waals surface area contributed by atoms with Crippen molar-refractivity contribution in [3.05, 3.63) is 29.8 Å². The predicted molar refractivity (Wildman–Crippen MR) is 84.4 cm³/mol. The number of para-hydroxylation sites is 1. The van der Waals surface area contributed by atoms with Crippen LogP contribution in [0.1, 0.15) is 32.3 Å². The van der Waals surface area contributed by atoms with Crippen molar-refractivity contribution >= 4 is 0 Å². The van der Waals surface area contributed by atoms with Crippen molar-refractivity contribution < 1.29 is 4.74 Å². The van der Waals surface area contributed by atoms with Gasteiger partial charge in [-0.2, -0.15) is 0 Å². The summed E-state index contributed by atoms with van der Waals surface area (Å²) < 4.78 is 5.45. The number of nitrogens with one attached hydrogen (secondary N) is 1. The molecule has 112 valence electrons. The molecule has 3 heteroatoms. The Morgan fingerprint density at radius 2 is 2.15 bits per heavy atom. The van der Waals surface area contributed by atoms with E-state index in [-0.39, 0.29) is 5.54 Å². The van der Waals surface area contributed by atoms with Gasteiger partial charge >= 0.3 is 0 Å². The Kier molecular flexibility index (Phi) is 5.06. The Labute approximate surface area is 123 Å². The standard InChI is InChI=1S/C17H28N2O/c1-14(12-15-8-5-6-9-16(15)20-4)19(3)13-17(2)10-7-11-18-17/h5-6,8-9,14,18H,7,10-13H2,1-4H3. The lowest BCUT2D eigenvalue weighted by Gasteiger charge is -2.34. The number of likely N-dealkylation sites (N-methyl/N-ethyl adjacent to an activating group) is 1. The average Bonchev–Trinajstić information content (AvgIpc) is 2.85. The van der Waals surface area contributed by atoms with E-state index in [9.17, 15) is 0 Å². The molecule has 1 aromatic rings. The van der Waals surface area contributed by atoms with Gasteiger partial charge in [0.2, 0.25) is 0 Å². The van der Waals surface area contributed by atoms with E-state index in [2.05, 4.69) is 43.2 Å². The molecule has 0 aromatic heterocycles. The molecule has 0 saturated carbocycles. The summed E-state index contributed by atoms with van der Waals surface area (Å²) >= 11 is 0. The van der Waals surface area contributed by atoms with E-state index in [4.69, 9.17) is 4.74 Å². The van der Waals surface area contributed by atoms with Gasteiger partial charge in [0.05, 0.1) is 7.11 Å². The predicted octanol–water partition coefficient (Wildman–Crippen LogP) is 2.70. The van der Waals surface area contributed by atoms with Gasteiger partial charge in [0.15, 0.2) is 0 Å². The van der Waals surface area contributed by atoms with Crippen LogP contribution in [0.2, 0.25) is 0 Å². The Bertz CT molecular complexity index is 427. The lowest BCUT2D eigenvalue weighted by atomic mass is 9.98. The molecule has 0 spiro atoms. The third-order valence-electron chi connectivity index (χ3n) is 4.52. The highest BCUT2D eigenvalue weighted by atomic mass is 16.5. The molecule has 2 rings (SSSR count). The van der Waals surface area contributed by atoms with Crippen molar-refractivity contribution in [3.63, 3.8) is 0 Å². The Balaban J connectivity index is 1.95. The van der Waals surface area contributed by atoms with Crippen LogP contribution >= 0.6 is 0 Å². The van der Waals surface area contributed by atoms with Gasteiger partial charge in [-0.15, -0.1) is 0 Å². The quantitative estimate of drug-likeness (QED) is 0.864. The summed E-state index contributed by atoms with van der Waals surface area (Å²) in [5, 5.41) is 3.64. The highest BCUT2D eigenvalue weighted by molar-refractivity contribution is 5.33. The van der Waals surface area contributed by atoms with Gasteiger partial charge in [-0.3, -0.25) is 0 Å². The Hall–Kier alpha value is -1.06. The minimum Gasteiger partial charge on any atom is -0.496 e. The van der Waals surface area contributed by atoms with Gasteiger partial charge in [0.1, 0.15) is 5.75 Å². The number of hydrogen-bond donors (Lipinski definition) is 1. The minimum absolute atomic E-state index is 0.282. The van der Waals surface area contributed by atoms with Crippen LogP contribution < -0.4 is 10.1 Å². The van der Waals surface area contributed by atoms with Crippen LogP contribution in [0.4, 0.5) is 0 Å². The molecule has 0 aliphatic carbocycles. The number of benzene rings is 1. The maximum atomic E-state index is 5.45. The summed E-state index contributed by atoms with van der Waals surface area (Å²) in [6.07, 6.45) is 3.60. The summed E-state index contributed by atoms with van der Waals surface area (Å²) in [5.74, 6) is 0.998. The number of methoxy groups -OCH3 is 1. The maximum Gasteiger partial charge on any atom is 0.122 e. The Morgan fingerprint density at radius 1 is 1.40 bits per heavy atom. The maximum absolute atomic E-state index is 5.45. The molecule has 1 aliphatic rings. The largest absolute Gasteiger partial charge is 0.496 e. The van der Waals surface area contributed by atoms with Gasteiger partial charge < -0.3 is 15.0 Å². The van der Waals surface area contributed by atoms with Gasteiger partial charge in [0, 0.05) is 18.1 Å². The molecule has 0 bridgehead atoms. The van der Waals surface area contributed by atoms with E-state index in [1.54, 1.807) is 7.11 Å². The molecule has 2 atom stereocenters. The number of rotatable bonds is 6. The van der Waals surface area contributed by atoms with Crippen molar-refractivity contribution in [1.29, 1.82) is 0 Å². The highest BCUT2D eigenvalue weighted by Crippen LogP contribution is 2.23. The van der Waals surface area contributed by atoms with Gasteiger partial charge in [0.25, 0.3) is 0 Å². The summed E-state index contributed by atoms with van der Waals surface area (Å²) in [4.78, 5) is 2.46. The molecule has 0 radical (unpaired) electrons. The fourth-order valence-corrected chi connectivity index (χ4v) is 3.14. The van der Waals surface area contributed by atoms with Crippen LogP contribution in [-0.2, 0) is 6.42 Å². The molecule has 2 unspecified atom stereocenters. The second-order valence-corrected chi connectivity index (χ2v) is 6.37. The van der Waals surface area contributed by atoms with Crippen molar-refractivity contribution in [2.24, 2.45) is 0 Å². The lowest BCUT2D eigenvalue weighted by Crippen LogP contribution is -2.49. The SMILES string of the molecule is COc1ccccc1CC(C)N(C)CC1(C)CCCN1. The van der Waals surface area contributed by atoms with Crippen molar-refractivity contribution in [2.45, 2.75) is 44.7 Å². The van der Waals surface area contributed by atoms with Crippen LogP contribution in [-0.4, -0.2) is 43.7 Å². The first-order chi connectivity index (χ1) is 9.54. The summed E-state index contributed by atoms with van der Waals surface area (Å²) in [7, 11) is 3.97. The molecule has 1 heterocycles. The van der Waals surface area contributed by atoms with Crippen molar-refractivity contribution in [2.75, 3.05) is 27.2 Å². The van der Waals surface area contributed by atoms with E-state index >= 15 is 0 Å². The van der Waals surface area contributed by atoms with E-state index in [1.165, 1.54) is 18.4 Å². The van der Waals surface area contributed by atoms with Crippen LogP contribution in [0.15, 0.2) is 24.3 Å². The molecule has 20 heavy (non-hydrogen) atoms. The first-order valence-electron chi connectivity index (χ1n) is 7.61. The van der Waals surface area contributed by atoms with Crippen LogP contribution in [0.5, 0.6) is 5.75 Å². The molecular weight excluding hydrogens is 248 g/mol. The Morgan fingerprint density at radius 3 is 2.80 bits per heavy atom. The van der Waals surface area contributed by atoms with Crippen LogP contribution in [0.3, 0.4) is 0 Å². The third-order valence-corrected chi connectivity index (χ3v) is 4.52. The van der Waals surface area contributed by atoms with Gasteiger partial charge in [-0.05, 0) is 58.3 Å². The van der Waals surface area contributed by atoms with E-state index in [1.807, 2.05) is 12.1 Å². The molecule has 3 nitrogen and oxygen atoms in total. The number of hydrogen-bond acceptors (Lipinski definition) is 3. The summed E-state index contributed by atoms with van der Waals surface area (Å²) in [6, 6.07) is 8.83.